The van der Waals surface area contributed by atoms with Crippen molar-refractivity contribution in [2.75, 3.05) is 16.0 Å². The van der Waals surface area contributed by atoms with Crippen molar-refractivity contribution in [3.05, 3.63) is 94.5 Å². The zero-order valence-electron chi connectivity index (χ0n) is 15.8. The number of carbonyl (C=O) groups excluding carboxylic acids is 2. The monoisotopic (exact) mass is 422 g/mol. The summed E-state index contributed by atoms with van der Waals surface area (Å²) in [6.45, 7) is 2.03. The number of carbonyl (C=O) groups is 2. The van der Waals surface area contributed by atoms with Crippen molar-refractivity contribution in [3.63, 3.8) is 0 Å². The molecule has 1 fully saturated rings. The van der Waals surface area contributed by atoms with Gasteiger partial charge in [-0.2, -0.15) is 0 Å². The van der Waals surface area contributed by atoms with E-state index in [1.807, 2.05) is 60.4 Å². The molecule has 1 aliphatic rings. The summed E-state index contributed by atoms with van der Waals surface area (Å²) in [7, 11) is 0. The highest BCUT2D eigenvalue weighted by Gasteiger charge is 2.33. The predicted molar refractivity (Wildman–Crippen MR) is 120 cm³/mol. The number of anilines is 2. The molecule has 0 aliphatic carbocycles. The van der Waals surface area contributed by atoms with Crippen molar-refractivity contribution in [2.45, 2.75) is 12.3 Å². The van der Waals surface area contributed by atoms with Crippen molar-refractivity contribution in [3.8, 4) is 0 Å². The summed E-state index contributed by atoms with van der Waals surface area (Å²) in [4.78, 5) is 26.7. The lowest BCUT2D eigenvalue weighted by atomic mass is 10.1. The fourth-order valence-corrected chi connectivity index (χ4v) is 4.63. The molecule has 1 heterocycles. The fourth-order valence-electron chi connectivity index (χ4n) is 3.23. The first-order valence-electron chi connectivity index (χ1n) is 9.19. The lowest BCUT2D eigenvalue weighted by Crippen LogP contribution is -2.27. The number of benzene rings is 3. The highest BCUT2D eigenvalue weighted by atomic mass is 35.5. The molecule has 146 valence electrons. The molecule has 4 rings (SSSR count). The van der Waals surface area contributed by atoms with Crippen LogP contribution < -0.4 is 10.2 Å². The Bertz CT molecular complexity index is 1050. The van der Waals surface area contributed by atoms with Gasteiger partial charge in [-0.05, 0) is 48.9 Å². The number of hydrogen-bond acceptors (Lipinski definition) is 3. The topological polar surface area (TPSA) is 49.4 Å². The van der Waals surface area contributed by atoms with E-state index >= 15 is 0 Å². The van der Waals surface area contributed by atoms with Gasteiger partial charge in [-0.3, -0.25) is 14.5 Å². The van der Waals surface area contributed by atoms with Crippen molar-refractivity contribution in [1.82, 2.24) is 0 Å². The molecular formula is C23H19ClN2O2S. The molecule has 0 radical (unpaired) electrons. The average Bonchev–Trinajstić information content (AvgIpc) is 3.11. The number of nitrogens with one attached hydrogen (secondary N) is 1. The maximum Gasteiger partial charge on any atom is 0.257 e. The first kappa shape index (κ1) is 19.6. The highest BCUT2D eigenvalue weighted by Crippen LogP contribution is 2.42. The smallest absolute Gasteiger partial charge is 0.257 e. The van der Waals surface area contributed by atoms with Crippen LogP contribution >= 0.6 is 23.4 Å². The van der Waals surface area contributed by atoms with Crippen LogP contribution in [0.1, 0.15) is 26.9 Å². The number of nitrogens with zero attached hydrogens (tertiary/aromatic N) is 1. The Balaban J connectivity index is 1.52. The summed E-state index contributed by atoms with van der Waals surface area (Å²) in [5.41, 5.74) is 4.17. The summed E-state index contributed by atoms with van der Waals surface area (Å²) in [5.74, 6) is 0.291. The van der Waals surface area contributed by atoms with Gasteiger partial charge < -0.3 is 5.32 Å². The minimum atomic E-state index is -0.255. The Labute approximate surface area is 178 Å². The third kappa shape index (κ3) is 4.16. The molecule has 3 aromatic rings. The van der Waals surface area contributed by atoms with Gasteiger partial charge in [0.05, 0.1) is 16.3 Å². The summed E-state index contributed by atoms with van der Waals surface area (Å²) >= 11 is 7.69. The van der Waals surface area contributed by atoms with Crippen LogP contribution in [0, 0.1) is 6.92 Å². The Morgan fingerprint density at radius 3 is 2.41 bits per heavy atom. The lowest BCUT2D eigenvalue weighted by molar-refractivity contribution is -0.115. The van der Waals surface area contributed by atoms with Crippen LogP contribution in [0.25, 0.3) is 0 Å². The third-order valence-electron chi connectivity index (χ3n) is 4.75. The summed E-state index contributed by atoms with van der Waals surface area (Å²) in [6.07, 6.45) is 0. The number of aryl methyl sites for hydroxylation is 1. The van der Waals surface area contributed by atoms with Crippen molar-refractivity contribution in [2.24, 2.45) is 0 Å². The van der Waals surface area contributed by atoms with Gasteiger partial charge in [-0.25, -0.2) is 0 Å². The molecule has 0 bridgehead atoms. The maximum absolute atomic E-state index is 12.5. The van der Waals surface area contributed by atoms with E-state index in [0.717, 1.165) is 16.8 Å². The number of thioether (sulfide) groups is 1. The first-order chi connectivity index (χ1) is 14.0. The SMILES string of the molecule is Cc1ccc(N2C(=O)CSC2c2ccc(NC(=O)c3ccccc3Cl)cc2)cc1. The average molecular weight is 423 g/mol. The van der Waals surface area contributed by atoms with Crippen LogP contribution in [-0.4, -0.2) is 17.6 Å². The normalized spacial score (nSPS) is 16.1. The van der Waals surface area contributed by atoms with Crippen LogP contribution in [0.15, 0.2) is 72.8 Å². The second-order valence-corrected chi connectivity index (χ2v) is 8.29. The standard InChI is InChI=1S/C23H19ClN2O2S/c1-15-6-12-18(13-7-15)26-21(27)14-29-23(26)16-8-10-17(11-9-16)25-22(28)19-4-2-3-5-20(19)24/h2-13,23H,14H2,1H3,(H,25,28). The number of rotatable bonds is 4. The van der Waals surface area contributed by atoms with E-state index in [4.69, 9.17) is 11.6 Å². The fraction of sp³-hybridized carbons (Fsp3) is 0.130. The van der Waals surface area contributed by atoms with Crippen molar-refractivity contribution < 1.29 is 9.59 Å². The molecule has 1 aliphatic heterocycles. The van der Waals surface area contributed by atoms with E-state index in [1.165, 1.54) is 0 Å². The van der Waals surface area contributed by atoms with Crippen LogP contribution in [-0.2, 0) is 4.79 Å². The number of hydrogen-bond donors (Lipinski definition) is 1. The van der Waals surface area contributed by atoms with Crippen LogP contribution in [0.3, 0.4) is 0 Å². The minimum absolute atomic E-state index is 0.0847. The van der Waals surface area contributed by atoms with Gasteiger partial charge >= 0.3 is 0 Å². The van der Waals surface area contributed by atoms with E-state index < -0.39 is 0 Å². The third-order valence-corrected chi connectivity index (χ3v) is 6.29. The largest absolute Gasteiger partial charge is 0.322 e. The molecule has 0 spiro atoms. The van der Waals surface area contributed by atoms with Gasteiger partial charge in [0.15, 0.2) is 0 Å². The second-order valence-electron chi connectivity index (χ2n) is 6.82. The Hall–Kier alpha value is -2.76. The lowest BCUT2D eigenvalue weighted by Gasteiger charge is -2.24. The van der Waals surface area contributed by atoms with Crippen LogP contribution in [0.4, 0.5) is 11.4 Å². The number of amides is 2. The highest BCUT2D eigenvalue weighted by molar-refractivity contribution is 8.00. The van der Waals surface area contributed by atoms with E-state index in [1.54, 1.807) is 36.0 Å². The summed E-state index contributed by atoms with van der Waals surface area (Å²) in [5, 5.41) is 3.19. The second kappa shape index (κ2) is 8.31. The van der Waals surface area contributed by atoms with Gasteiger partial charge in [-0.1, -0.05) is 53.6 Å². The van der Waals surface area contributed by atoms with Crippen LogP contribution in [0.2, 0.25) is 5.02 Å². The predicted octanol–water partition coefficient (Wildman–Crippen LogP) is 5.68. The molecule has 1 saturated heterocycles. The molecule has 0 saturated carbocycles. The first-order valence-corrected chi connectivity index (χ1v) is 10.6. The van der Waals surface area contributed by atoms with Gasteiger partial charge in [-0.15, -0.1) is 11.8 Å². The van der Waals surface area contributed by atoms with E-state index in [9.17, 15) is 9.59 Å². The van der Waals surface area contributed by atoms with Gasteiger partial charge in [0.1, 0.15) is 5.37 Å². The molecular weight excluding hydrogens is 404 g/mol. The summed E-state index contributed by atoms with van der Waals surface area (Å²) in [6, 6.07) is 22.5. The quantitative estimate of drug-likeness (QED) is 0.588. The Kier molecular flexibility index (Phi) is 5.60. The molecule has 3 aromatic carbocycles. The zero-order valence-corrected chi connectivity index (χ0v) is 17.3. The maximum atomic E-state index is 12.5. The van der Waals surface area contributed by atoms with Gasteiger partial charge in [0, 0.05) is 11.4 Å². The van der Waals surface area contributed by atoms with E-state index in [-0.39, 0.29) is 17.2 Å². The minimum Gasteiger partial charge on any atom is -0.322 e. The van der Waals surface area contributed by atoms with Crippen LogP contribution in [0.5, 0.6) is 0 Å². The molecule has 6 heteroatoms. The molecule has 1 N–H and O–H groups in total. The molecule has 1 atom stereocenters. The Morgan fingerprint density at radius 2 is 1.72 bits per heavy atom. The van der Waals surface area contributed by atoms with Gasteiger partial charge in [0.25, 0.3) is 5.91 Å². The van der Waals surface area contributed by atoms with Crippen molar-refractivity contribution in [1.29, 1.82) is 0 Å². The van der Waals surface area contributed by atoms with Crippen molar-refractivity contribution >= 4 is 46.6 Å². The molecule has 1 unspecified atom stereocenters. The Morgan fingerprint density at radius 1 is 1.03 bits per heavy atom. The van der Waals surface area contributed by atoms with Gasteiger partial charge in [0.2, 0.25) is 5.91 Å². The molecule has 0 aromatic heterocycles. The molecule has 29 heavy (non-hydrogen) atoms. The number of halogens is 1. The summed E-state index contributed by atoms with van der Waals surface area (Å²) < 4.78 is 0. The van der Waals surface area contributed by atoms with E-state index in [2.05, 4.69) is 5.32 Å². The van der Waals surface area contributed by atoms with E-state index in [0.29, 0.717) is 22.0 Å². The molecule has 4 nitrogen and oxygen atoms in total. The molecule has 2 amide bonds. The zero-order chi connectivity index (χ0) is 20.4.